The number of fused-ring (bicyclic) bond motifs is 1. The van der Waals surface area contributed by atoms with Gasteiger partial charge < -0.3 is 4.57 Å². The zero-order valence-corrected chi connectivity index (χ0v) is 14.1. The first-order valence-electron chi connectivity index (χ1n) is 8.50. The Labute approximate surface area is 151 Å². The van der Waals surface area contributed by atoms with Crippen LogP contribution in [0.4, 0.5) is 0 Å². The topological polar surface area (TPSA) is 39.1 Å². The van der Waals surface area contributed by atoms with E-state index in [2.05, 4.69) is 0 Å². The average Bonchev–Trinajstić information content (AvgIpc) is 2.71. The summed E-state index contributed by atoms with van der Waals surface area (Å²) in [6.45, 7) is 0.472. The molecular formula is C23H17NO2. The van der Waals surface area contributed by atoms with Gasteiger partial charge in [-0.05, 0) is 11.6 Å². The van der Waals surface area contributed by atoms with Gasteiger partial charge in [-0.2, -0.15) is 0 Å². The van der Waals surface area contributed by atoms with Crippen molar-refractivity contribution in [3.05, 3.63) is 118 Å². The lowest BCUT2D eigenvalue weighted by molar-refractivity contribution is 0.104. The van der Waals surface area contributed by atoms with Crippen LogP contribution in [0.2, 0.25) is 0 Å². The van der Waals surface area contributed by atoms with Gasteiger partial charge in [0.1, 0.15) is 0 Å². The largest absolute Gasteiger partial charge is 0.304 e. The monoisotopic (exact) mass is 339 g/mol. The number of ketones is 1. The highest BCUT2D eigenvalue weighted by Crippen LogP contribution is 2.20. The zero-order chi connectivity index (χ0) is 17.9. The second kappa shape index (κ2) is 6.81. The molecule has 1 heterocycles. The normalized spacial score (nSPS) is 10.8. The first-order valence-corrected chi connectivity index (χ1v) is 8.50. The van der Waals surface area contributed by atoms with Crippen molar-refractivity contribution in [3.63, 3.8) is 0 Å². The fourth-order valence-corrected chi connectivity index (χ4v) is 3.20. The third-order valence-corrected chi connectivity index (χ3v) is 4.48. The van der Waals surface area contributed by atoms with Crippen molar-refractivity contribution in [3.8, 4) is 0 Å². The Morgan fingerprint density at radius 2 is 1.38 bits per heavy atom. The van der Waals surface area contributed by atoms with E-state index in [1.54, 1.807) is 16.7 Å². The van der Waals surface area contributed by atoms with Gasteiger partial charge in [0.15, 0.2) is 5.78 Å². The maximum atomic E-state index is 12.9. The lowest BCUT2D eigenvalue weighted by atomic mass is 9.99. The van der Waals surface area contributed by atoms with Crippen LogP contribution >= 0.6 is 0 Å². The minimum Gasteiger partial charge on any atom is -0.304 e. The summed E-state index contributed by atoms with van der Waals surface area (Å²) in [7, 11) is 0. The number of carbonyl (C=O) groups excluding carboxylic acids is 1. The van der Waals surface area contributed by atoms with Gasteiger partial charge in [-0.15, -0.1) is 0 Å². The van der Waals surface area contributed by atoms with Crippen LogP contribution in [0.25, 0.3) is 10.9 Å². The Morgan fingerprint density at radius 1 is 0.769 bits per heavy atom. The van der Waals surface area contributed by atoms with Crippen molar-refractivity contribution in [1.82, 2.24) is 4.57 Å². The molecule has 0 atom stereocenters. The highest BCUT2D eigenvalue weighted by Gasteiger charge is 2.16. The van der Waals surface area contributed by atoms with Crippen LogP contribution in [0.15, 0.2) is 95.8 Å². The van der Waals surface area contributed by atoms with Gasteiger partial charge in [-0.25, -0.2) is 0 Å². The molecule has 26 heavy (non-hydrogen) atoms. The summed E-state index contributed by atoms with van der Waals surface area (Å²) >= 11 is 0. The van der Waals surface area contributed by atoms with Crippen LogP contribution in [0, 0.1) is 0 Å². The minimum atomic E-state index is -0.174. The molecule has 3 heteroatoms. The van der Waals surface area contributed by atoms with Gasteiger partial charge in [-0.1, -0.05) is 78.9 Å². The maximum absolute atomic E-state index is 12.9. The summed E-state index contributed by atoms with van der Waals surface area (Å²) < 4.78 is 1.71. The number of carbonyl (C=O) groups is 1. The van der Waals surface area contributed by atoms with Crippen LogP contribution < -0.4 is 5.56 Å². The summed E-state index contributed by atoms with van der Waals surface area (Å²) in [5, 5.41) is 0.789. The van der Waals surface area contributed by atoms with Gasteiger partial charge >= 0.3 is 0 Å². The molecule has 0 bridgehead atoms. The molecule has 3 nitrogen and oxygen atoms in total. The molecule has 4 rings (SSSR count). The minimum absolute atomic E-state index is 0.134. The predicted octanol–water partition coefficient (Wildman–Crippen LogP) is 4.28. The van der Waals surface area contributed by atoms with E-state index in [-0.39, 0.29) is 11.3 Å². The Balaban J connectivity index is 1.89. The number of pyridine rings is 1. The molecule has 0 saturated heterocycles. The van der Waals surface area contributed by atoms with Crippen molar-refractivity contribution < 1.29 is 4.79 Å². The van der Waals surface area contributed by atoms with Gasteiger partial charge in [-0.3, -0.25) is 9.59 Å². The van der Waals surface area contributed by atoms with E-state index in [9.17, 15) is 9.59 Å². The van der Waals surface area contributed by atoms with E-state index in [0.29, 0.717) is 17.7 Å². The molecule has 4 aromatic rings. The number of hydrogen-bond acceptors (Lipinski definition) is 2. The third kappa shape index (κ3) is 2.95. The van der Waals surface area contributed by atoms with Crippen LogP contribution in [-0.2, 0) is 6.54 Å². The van der Waals surface area contributed by atoms with E-state index in [1.807, 2.05) is 72.8 Å². The summed E-state index contributed by atoms with van der Waals surface area (Å²) in [5.74, 6) is -0.134. The van der Waals surface area contributed by atoms with Crippen molar-refractivity contribution in [2.24, 2.45) is 0 Å². The molecule has 0 spiro atoms. The molecule has 0 saturated carbocycles. The molecule has 0 aliphatic heterocycles. The van der Waals surface area contributed by atoms with Crippen molar-refractivity contribution in [1.29, 1.82) is 0 Å². The van der Waals surface area contributed by atoms with E-state index in [0.717, 1.165) is 16.5 Å². The van der Waals surface area contributed by atoms with E-state index < -0.39 is 0 Å². The van der Waals surface area contributed by atoms with Gasteiger partial charge in [0.2, 0.25) is 0 Å². The van der Waals surface area contributed by atoms with Crippen LogP contribution in [-0.4, -0.2) is 10.4 Å². The average molecular weight is 339 g/mol. The molecule has 126 valence electrons. The quantitative estimate of drug-likeness (QED) is 0.521. The van der Waals surface area contributed by atoms with Crippen LogP contribution in [0.3, 0.4) is 0 Å². The van der Waals surface area contributed by atoms with E-state index >= 15 is 0 Å². The fourth-order valence-electron chi connectivity index (χ4n) is 3.20. The number of benzene rings is 3. The predicted molar refractivity (Wildman–Crippen MR) is 104 cm³/mol. The van der Waals surface area contributed by atoms with Crippen LogP contribution in [0.1, 0.15) is 21.5 Å². The van der Waals surface area contributed by atoms with E-state index in [4.69, 9.17) is 0 Å². The second-order valence-corrected chi connectivity index (χ2v) is 6.18. The van der Waals surface area contributed by atoms with Gasteiger partial charge in [0.25, 0.3) is 5.56 Å². The first-order chi connectivity index (χ1) is 12.7. The molecule has 0 amide bonds. The first kappa shape index (κ1) is 16.0. The number of nitrogens with zero attached hydrogens (tertiary/aromatic N) is 1. The lowest BCUT2D eigenvalue weighted by Crippen LogP contribution is -2.22. The molecule has 1 aromatic heterocycles. The number of rotatable bonds is 4. The molecule has 0 fully saturated rings. The van der Waals surface area contributed by atoms with Crippen molar-refractivity contribution in [2.75, 3.05) is 0 Å². The Morgan fingerprint density at radius 3 is 2.12 bits per heavy atom. The summed E-state index contributed by atoms with van der Waals surface area (Å²) in [5.41, 5.74) is 2.66. The third-order valence-electron chi connectivity index (χ3n) is 4.48. The summed E-state index contributed by atoms with van der Waals surface area (Å²) in [6, 6.07) is 27.9. The zero-order valence-electron chi connectivity index (χ0n) is 14.1. The molecule has 0 aliphatic rings. The molecule has 3 aromatic carbocycles. The Bertz CT molecular complexity index is 1130. The Kier molecular flexibility index (Phi) is 4.20. The summed E-state index contributed by atoms with van der Waals surface area (Å²) in [6.07, 6.45) is 0. The number of hydrogen-bond donors (Lipinski definition) is 0. The highest BCUT2D eigenvalue weighted by molar-refractivity contribution is 6.15. The summed E-state index contributed by atoms with van der Waals surface area (Å²) in [4.78, 5) is 25.7. The van der Waals surface area contributed by atoms with Crippen LogP contribution in [0.5, 0.6) is 0 Å². The number of para-hydroxylation sites is 1. The van der Waals surface area contributed by atoms with E-state index in [1.165, 1.54) is 6.07 Å². The second-order valence-electron chi connectivity index (χ2n) is 6.18. The van der Waals surface area contributed by atoms with Crippen molar-refractivity contribution in [2.45, 2.75) is 6.54 Å². The highest BCUT2D eigenvalue weighted by atomic mass is 16.1. The molecule has 0 N–H and O–H groups in total. The molecular weight excluding hydrogens is 322 g/mol. The van der Waals surface area contributed by atoms with Gasteiger partial charge in [0.05, 0.1) is 12.1 Å². The SMILES string of the molecule is O=C(c1ccccc1)c1cc(=O)n(Cc2ccccc2)c2ccccc12. The Hall–Kier alpha value is -3.46. The molecule has 0 radical (unpaired) electrons. The standard InChI is InChI=1S/C23H17NO2/c25-22-15-20(23(26)18-11-5-2-6-12-18)19-13-7-8-14-21(19)24(22)16-17-9-3-1-4-10-17/h1-15H,16H2. The number of aromatic nitrogens is 1. The lowest BCUT2D eigenvalue weighted by Gasteiger charge is -2.13. The molecule has 0 aliphatic carbocycles. The van der Waals surface area contributed by atoms with Crippen molar-refractivity contribution >= 4 is 16.7 Å². The van der Waals surface area contributed by atoms with Gasteiger partial charge in [0, 0.05) is 22.6 Å². The maximum Gasteiger partial charge on any atom is 0.252 e. The smallest absolute Gasteiger partial charge is 0.252 e. The molecule has 0 unspecified atom stereocenters. The fraction of sp³-hybridized carbons (Fsp3) is 0.0435.